The van der Waals surface area contributed by atoms with E-state index in [1.807, 2.05) is 0 Å². The summed E-state index contributed by atoms with van der Waals surface area (Å²) in [4.78, 5) is 0. The summed E-state index contributed by atoms with van der Waals surface area (Å²) in [5.41, 5.74) is 5.02. The van der Waals surface area contributed by atoms with Gasteiger partial charge >= 0.3 is 0 Å². The maximum absolute atomic E-state index is 2.31. The van der Waals surface area contributed by atoms with Gasteiger partial charge in [0.05, 0.1) is 0 Å². The summed E-state index contributed by atoms with van der Waals surface area (Å²) in [5.74, 6) is 0. The molecule has 0 fully saturated rings. The Bertz CT molecular complexity index is 894. The molecule has 1 aliphatic rings. The summed E-state index contributed by atoms with van der Waals surface area (Å²) >= 11 is 0. The molecule has 0 radical (unpaired) electrons. The highest BCUT2D eigenvalue weighted by Crippen LogP contribution is 2.30. The van der Waals surface area contributed by atoms with Crippen molar-refractivity contribution in [1.29, 1.82) is 0 Å². The van der Waals surface area contributed by atoms with Crippen LogP contribution in [0.5, 0.6) is 0 Å². The Labute approximate surface area is 155 Å². The fourth-order valence-electron chi connectivity index (χ4n) is 3.41. The Hall–Kier alpha value is -3.19. The number of pyridine rings is 1. The SMILES string of the molecule is C1=CC(=C(c2ccccc2)c2ccccc2)C=CC([n+]2ccccc2)C1. The Balaban J connectivity index is 1.80. The summed E-state index contributed by atoms with van der Waals surface area (Å²) in [6, 6.07) is 27.9. The monoisotopic (exact) mass is 336 g/mol. The minimum absolute atomic E-state index is 0.345. The molecule has 1 heteroatoms. The number of benzene rings is 2. The molecule has 126 valence electrons. The zero-order valence-electron chi connectivity index (χ0n) is 14.7. The third-order valence-electron chi connectivity index (χ3n) is 4.71. The standard InChI is InChI=1S/C25H22N/c1-4-11-21(12-5-1)25(22-13-6-2-7-14-22)23-15-10-16-24(18-17-23)26-19-8-3-9-20-26/h1-15,17-20,24H,16H2/q+1. The highest BCUT2D eigenvalue weighted by atomic mass is 15.0. The maximum atomic E-state index is 2.31. The number of rotatable bonds is 3. The molecule has 0 bridgehead atoms. The van der Waals surface area contributed by atoms with E-state index in [1.54, 1.807) is 0 Å². The van der Waals surface area contributed by atoms with Crippen LogP contribution in [-0.4, -0.2) is 0 Å². The molecule has 0 saturated carbocycles. The minimum Gasteiger partial charge on any atom is -0.198 e. The molecule has 1 aromatic heterocycles. The van der Waals surface area contributed by atoms with Crippen molar-refractivity contribution < 1.29 is 4.57 Å². The van der Waals surface area contributed by atoms with E-state index < -0.39 is 0 Å². The molecule has 3 aromatic rings. The first-order valence-electron chi connectivity index (χ1n) is 9.07. The van der Waals surface area contributed by atoms with Gasteiger partial charge in [-0.15, -0.1) is 0 Å². The third-order valence-corrected chi connectivity index (χ3v) is 4.71. The quantitative estimate of drug-likeness (QED) is 0.553. The number of hydrogen-bond acceptors (Lipinski definition) is 0. The van der Waals surface area contributed by atoms with Crippen molar-refractivity contribution in [3.63, 3.8) is 0 Å². The van der Waals surface area contributed by atoms with E-state index >= 15 is 0 Å². The topological polar surface area (TPSA) is 3.88 Å². The van der Waals surface area contributed by atoms with Gasteiger partial charge in [0.15, 0.2) is 18.4 Å². The van der Waals surface area contributed by atoms with Crippen LogP contribution in [0.1, 0.15) is 23.6 Å². The average Bonchev–Trinajstić information content (AvgIpc) is 2.97. The van der Waals surface area contributed by atoms with Crippen molar-refractivity contribution in [3.8, 4) is 0 Å². The van der Waals surface area contributed by atoms with Gasteiger partial charge in [-0.25, -0.2) is 0 Å². The summed E-state index contributed by atoms with van der Waals surface area (Å²) in [7, 11) is 0. The molecule has 2 aromatic carbocycles. The molecular weight excluding hydrogens is 314 g/mol. The molecule has 1 atom stereocenters. The van der Waals surface area contributed by atoms with Crippen molar-refractivity contribution in [2.75, 3.05) is 0 Å². The molecule has 26 heavy (non-hydrogen) atoms. The lowest BCUT2D eigenvalue weighted by molar-refractivity contribution is -0.711. The Morgan fingerprint density at radius 3 is 1.88 bits per heavy atom. The van der Waals surface area contributed by atoms with Crippen LogP contribution in [0.15, 0.2) is 121 Å². The van der Waals surface area contributed by atoms with Crippen LogP contribution >= 0.6 is 0 Å². The van der Waals surface area contributed by atoms with Crippen LogP contribution < -0.4 is 4.57 Å². The normalized spacial score (nSPS) is 16.3. The van der Waals surface area contributed by atoms with Crippen molar-refractivity contribution in [1.82, 2.24) is 0 Å². The van der Waals surface area contributed by atoms with E-state index in [0.717, 1.165) is 6.42 Å². The van der Waals surface area contributed by atoms with Crippen molar-refractivity contribution in [3.05, 3.63) is 132 Å². The Kier molecular flexibility index (Phi) is 4.88. The largest absolute Gasteiger partial charge is 0.198 e. The zero-order chi connectivity index (χ0) is 17.6. The Morgan fingerprint density at radius 2 is 1.27 bits per heavy atom. The van der Waals surface area contributed by atoms with Gasteiger partial charge in [0.1, 0.15) is 0 Å². The summed E-state index contributed by atoms with van der Waals surface area (Å²) in [5, 5.41) is 0. The Morgan fingerprint density at radius 1 is 0.692 bits per heavy atom. The first-order valence-corrected chi connectivity index (χ1v) is 9.07. The molecule has 0 amide bonds. The fourth-order valence-corrected chi connectivity index (χ4v) is 3.41. The first kappa shape index (κ1) is 16.3. The summed E-state index contributed by atoms with van der Waals surface area (Å²) in [6.45, 7) is 0. The van der Waals surface area contributed by atoms with Crippen LogP contribution in [0, 0.1) is 0 Å². The molecule has 0 saturated heterocycles. The van der Waals surface area contributed by atoms with E-state index in [-0.39, 0.29) is 0 Å². The van der Waals surface area contributed by atoms with Crippen LogP contribution in [0.2, 0.25) is 0 Å². The second-order valence-electron chi connectivity index (χ2n) is 6.45. The summed E-state index contributed by atoms with van der Waals surface area (Å²) < 4.78 is 2.26. The molecule has 1 unspecified atom stereocenters. The van der Waals surface area contributed by atoms with Gasteiger partial charge in [-0.1, -0.05) is 85.0 Å². The van der Waals surface area contributed by atoms with Crippen LogP contribution in [0.3, 0.4) is 0 Å². The lowest BCUT2D eigenvalue weighted by Crippen LogP contribution is -2.36. The smallest absolute Gasteiger partial charge is 0.180 e. The van der Waals surface area contributed by atoms with Crippen molar-refractivity contribution in [2.24, 2.45) is 0 Å². The van der Waals surface area contributed by atoms with Gasteiger partial charge < -0.3 is 0 Å². The van der Waals surface area contributed by atoms with E-state index in [4.69, 9.17) is 0 Å². The van der Waals surface area contributed by atoms with Crippen molar-refractivity contribution in [2.45, 2.75) is 12.5 Å². The highest BCUT2D eigenvalue weighted by molar-refractivity contribution is 5.85. The molecule has 1 aliphatic carbocycles. The molecule has 0 N–H and O–H groups in total. The van der Waals surface area contributed by atoms with Gasteiger partial charge in [0.2, 0.25) is 0 Å². The maximum Gasteiger partial charge on any atom is 0.180 e. The predicted octanol–water partition coefficient (Wildman–Crippen LogP) is 5.53. The number of nitrogens with zero attached hydrogens (tertiary/aromatic N) is 1. The highest BCUT2D eigenvalue weighted by Gasteiger charge is 2.16. The van der Waals surface area contributed by atoms with E-state index in [2.05, 4.69) is 120 Å². The average molecular weight is 336 g/mol. The predicted molar refractivity (Wildman–Crippen MR) is 107 cm³/mol. The molecule has 1 heterocycles. The van der Waals surface area contributed by atoms with E-state index in [0.29, 0.717) is 6.04 Å². The van der Waals surface area contributed by atoms with Crippen LogP contribution in [0.25, 0.3) is 5.57 Å². The van der Waals surface area contributed by atoms with Gasteiger partial charge in [0, 0.05) is 18.6 Å². The lowest BCUT2D eigenvalue weighted by atomic mass is 9.92. The van der Waals surface area contributed by atoms with E-state index in [9.17, 15) is 0 Å². The zero-order valence-corrected chi connectivity index (χ0v) is 14.7. The fraction of sp³-hybridized carbons (Fsp3) is 0.0800. The van der Waals surface area contributed by atoms with E-state index in [1.165, 1.54) is 22.3 Å². The van der Waals surface area contributed by atoms with Crippen LogP contribution in [-0.2, 0) is 0 Å². The molecule has 0 spiro atoms. The second kappa shape index (κ2) is 7.79. The lowest BCUT2D eigenvalue weighted by Gasteiger charge is -2.11. The van der Waals surface area contributed by atoms with Gasteiger partial charge in [-0.3, -0.25) is 0 Å². The third kappa shape index (κ3) is 3.57. The summed E-state index contributed by atoms with van der Waals surface area (Å²) in [6.07, 6.45) is 14.4. The molecule has 0 aliphatic heterocycles. The molecule has 4 rings (SSSR count). The minimum atomic E-state index is 0.345. The molecule has 1 nitrogen and oxygen atoms in total. The number of hydrogen-bond donors (Lipinski definition) is 0. The number of aromatic nitrogens is 1. The number of allylic oxidation sites excluding steroid dienone is 5. The van der Waals surface area contributed by atoms with Crippen molar-refractivity contribution >= 4 is 5.57 Å². The van der Waals surface area contributed by atoms with Gasteiger partial charge in [-0.05, 0) is 28.3 Å². The van der Waals surface area contributed by atoms with Gasteiger partial charge in [0.25, 0.3) is 0 Å². The van der Waals surface area contributed by atoms with Gasteiger partial charge in [-0.2, -0.15) is 4.57 Å². The first-order chi connectivity index (χ1) is 12.9. The van der Waals surface area contributed by atoms with Crippen LogP contribution in [0.4, 0.5) is 0 Å². The second-order valence-corrected chi connectivity index (χ2v) is 6.45. The molecular formula is C25H22N+.